The lowest BCUT2D eigenvalue weighted by atomic mass is 10.1. The quantitative estimate of drug-likeness (QED) is 0.824. The number of nitrogens with zero attached hydrogens (tertiary/aromatic N) is 1. The number of ether oxygens (including phenoxy) is 1. The highest BCUT2D eigenvalue weighted by molar-refractivity contribution is 5.36. The number of rotatable bonds is 3. The summed E-state index contributed by atoms with van der Waals surface area (Å²) in [6.07, 6.45) is 5.85. The molecule has 3 nitrogen and oxygen atoms in total. The molecule has 1 N–H and O–H groups in total. The molecule has 82 valence electrons. The highest BCUT2D eigenvalue weighted by Gasteiger charge is 2.13. The maximum absolute atomic E-state index is 5.64. The van der Waals surface area contributed by atoms with E-state index < -0.39 is 0 Å². The van der Waals surface area contributed by atoms with Crippen molar-refractivity contribution in [3.63, 3.8) is 0 Å². The molecular formula is C12H18N2O. The monoisotopic (exact) mass is 206 g/mol. The van der Waals surface area contributed by atoms with Gasteiger partial charge < -0.3 is 10.1 Å². The first kappa shape index (κ1) is 10.4. The van der Waals surface area contributed by atoms with Gasteiger partial charge in [0.2, 0.25) is 0 Å². The topological polar surface area (TPSA) is 34.2 Å². The number of anilines is 1. The van der Waals surface area contributed by atoms with Crippen molar-refractivity contribution in [2.75, 3.05) is 18.5 Å². The van der Waals surface area contributed by atoms with Crippen LogP contribution in [0.15, 0.2) is 18.3 Å². The van der Waals surface area contributed by atoms with Crippen LogP contribution in [0, 0.1) is 6.92 Å². The third kappa shape index (κ3) is 3.20. The van der Waals surface area contributed by atoms with Crippen molar-refractivity contribution in [1.29, 1.82) is 0 Å². The lowest BCUT2D eigenvalue weighted by Crippen LogP contribution is -2.27. The molecule has 1 aromatic heterocycles. The number of nitrogens with one attached hydrogen (secondary N) is 1. The molecule has 0 aliphatic carbocycles. The van der Waals surface area contributed by atoms with Crippen molar-refractivity contribution in [1.82, 2.24) is 4.98 Å². The molecule has 1 aliphatic heterocycles. The zero-order valence-electron chi connectivity index (χ0n) is 9.20. The van der Waals surface area contributed by atoms with Crippen LogP contribution in [-0.4, -0.2) is 24.2 Å². The predicted octanol–water partition coefficient (Wildman–Crippen LogP) is 2.37. The highest BCUT2D eigenvalue weighted by Crippen LogP contribution is 2.13. The normalized spacial score (nSPS) is 21.3. The standard InChI is InChI=1S/C12H18N2O/c1-10-5-6-13-12(8-10)14-9-11-4-2-3-7-15-11/h5-6,8,11H,2-4,7,9H2,1H3,(H,13,14). The fourth-order valence-electron chi connectivity index (χ4n) is 1.82. The Balaban J connectivity index is 1.81. The van der Waals surface area contributed by atoms with Gasteiger partial charge >= 0.3 is 0 Å². The maximum atomic E-state index is 5.64. The van der Waals surface area contributed by atoms with Gasteiger partial charge in [-0.05, 0) is 43.9 Å². The van der Waals surface area contributed by atoms with Gasteiger partial charge in [0.15, 0.2) is 0 Å². The highest BCUT2D eigenvalue weighted by atomic mass is 16.5. The Morgan fingerprint density at radius 3 is 3.20 bits per heavy atom. The van der Waals surface area contributed by atoms with Crippen LogP contribution in [0.3, 0.4) is 0 Å². The predicted molar refractivity (Wildman–Crippen MR) is 61.1 cm³/mol. The summed E-state index contributed by atoms with van der Waals surface area (Å²) < 4.78 is 5.64. The third-order valence-electron chi connectivity index (χ3n) is 2.70. The Kier molecular flexibility index (Phi) is 3.56. The number of aryl methyl sites for hydroxylation is 1. The van der Waals surface area contributed by atoms with E-state index in [0.717, 1.165) is 19.0 Å². The van der Waals surface area contributed by atoms with Crippen LogP contribution in [0.2, 0.25) is 0 Å². The zero-order valence-corrected chi connectivity index (χ0v) is 9.20. The fraction of sp³-hybridized carbons (Fsp3) is 0.583. The van der Waals surface area contributed by atoms with Gasteiger partial charge in [0.05, 0.1) is 6.10 Å². The molecule has 1 unspecified atom stereocenters. The fourth-order valence-corrected chi connectivity index (χ4v) is 1.82. The summed E-state index contributed by atoms with van der Waals surface area (Å²) in [5.74, 6) is 0.948. The number of pyridine rings is 1. The Bertz CT molecular complexity index is 308. The molecule has 0 bridgehead atoms. The van der Waals surface area contributed by atoms with E-state index in [2.05, 4.69) is 23.3 Å². The molecule has 15 heavy (non-hydrogen) atoms. The van der Waals surface area contributed by atoms with E-state index in [1.807, 2.05) is 12.3 Å². The minimum atomic E-state index is 0.362. The summed E-state index contributed by atoms with van der Waals surface area (Å²) in [6, 6.07) is 4.06. The third-order valence-corrected chi connectivity index (χ3v) is 2.70. The van der Waals surface area contributed by atoms with Gasteiger partial charge in [-0.15, -0.1) is 0 Å². The molecule has 3 heteroatoms. The van der Waals surface area contributed by atoms with Crippen LogP contribution >= 0.6 is 0 Å². The second kappa shape index (κ2) is 5.12. The van der Waals surface area contributed by atoms with Crippen molar-refractivity contribution < 1.29 is 4.74 Å². The SMILES string of the molecule is Cc1ccnc(NCC2CCCCO2)c1. The minimum absolute atomic E-state index is 0.362. The molecule has 1 aromatic rings. The molecule has 0 spiro atoms. The van der Waals surface area contributed by atoms with Crippen LogP contribution in [0.5, 0.6) is 0 Å². The molecular weight excluding hydrogens is 188 g/mol. The van der Waals surface area contributed by atoms with Gasteiger partial charge in [0, 0.05) is 19.3 Å². The van der Waals surface area contributed by atoms with Gasteiger partial charge in [0.1, 0.15) is 5.82 Å². The summed E-state index contributed by atoms with van der Waals surface area (Å²) in [6.45, 7) is 3.86. The van der Waals surface area contributed by atoms with Crippen molar-refractivity contribution in [2.24, 2.45) is 0 Å². The zero-order chi connectivity index (χ0) is 10.5. The van der Waals surface area contributed by atoms with Gasteiger partial charge in [-0.1, -0.05) is 0 Å². The molecule has 1 saturated heterocycles. The Morgan fingerprint density at radius 2 is 2.47 bits per heavy atom. The van der Waals surface area contributed by atoms with E-state index in [-0.39, 0.29) is 0 Å². The number of aromatic nitrogens is 1. The number of hydrogen-bond donors (Lipinski definition) is 1. The maximum Gasteiger partial charge on any atom is 0.126 e. The molecule has 1 fully saturated rings. The molecule has 0 aromatic carbocycles. The Hall–Kier alpha value is -1.09. The second-order valence-corrected chi connectivity index (χ2v) is 4.09. The summed E-state index contributed by atoms with van der Waals surface area (Å²) in [7, 11) is 0. The van der Waals surface area contributed by atoms with Crippen molar-refractivity contribution in [2.45, 2.75) is 32.3 Å². The van der Waals surface area contributed by atoms with Gasteiger partial charge in [-0.2, -0.15) is 0 Å². The Labute approximate surface area is 90.9 Å². The average Bonchev–Trinajstić information content (AvgIpc) is 2.28. The summed E-state index contributed by atoms with van der Waals surface area (Å²) in [5, 5.41) is 3.32. The molecule has 1 atom stereocenters. The molecule has 0 amide bonds. The molecule has 1 aliphatic rings. The van der Waals surface area contributed by atoms with Crippen LogP contribution in [-0.2, 0) is 4.74 Å². The van der Waals surface area contributed by atoms with E-state index in [1.165, 1.54) is 24.8 Å². The van der Waals surface area contributed by atoms with Gasteiger partial charge in [0.25, 0.3) is 0 Å². The van der Waals surface area contributed by atoms with Crippen molar-refractivity contribution in [3.05, 3.63) is 23.9 Å². The largest absolute Gasteiger partial charge is 0.376 e. The smallest absolute Gasteiger partial charge is 0.126 e. The average molecular weight is 206 g/mol. The summed E-state index contributed by atoms with van der Waals surface area (Å²) >= 11 is 0. The van der Waals surface area contributed by atoms with E-state index >= 15 is 0 Å². The van der Waals surface area contributed by atoms with Crippen molar-refractivity contribution >= 4 is 5.82 Å². The Morgan fingerprint density at radius 1 is 1.53 bits per heavy atom. The molecule has 2 rings (SSSR count). The summed E-state index contributed by atoms with van der Waals surface area (Å²) in [5.41, 5.74) is 1.23. The van der Waals surface area contributed by atoms with E-state index in [0.29, 0.717) is 6.10 Å². The first-order valence-corrected chi connectivity index (χ1v) is 5.63. The van der Waals surface area contributed by atoms with Crippen LogP contribution < -0.4 is 5.32 Å². The summed E-state index contributed by atoms with van der Waals surface area (Å²) in [4.78, 5) is 4.26. The van der Waals surface area contributed by atoms with Crippen molar-refractivity contribution in [3.8, 4) is 0 Å². The lowest BCUT2D eigenvalue weighted by molar-refractivity contribution is 0.0247. The van der Waals surface area contributed by atoms with Crippen LogP contribution in [0.25, 0.3) is 0 Å². The van der Waals surface area contributed by atoms with Gasteiger partial charge in [-0.25, -0.2) is 4.98 Å². The molecule has 0 saturated carbocycles. The van der Waals surface area contributed by atoms with E-state index in [9.17, 15) is 0 Å². The van der Waals surface area contributed by atoms with E-state index in [1.54, 1.807) is 0 Å². The first-order valence-electron chi connectivity index (χ1n) is 5.63. The second-order valence-electron chi connectivity index (χ2n) is 4.09. The van der Waals surface area contributed by atoms with E-state index in [4.69, 9.17) is 4.74 Å². The minimum Gasteiger partial charge on any atom is -0.376 e. The lowest BCUT2D eigenvalue weighted by Gasteiger charge is -2.22. The van der Waals surface area contributed by atoms with Gasteiger partial charge in [-0.3, -0.25) is 0 Å². The van der Waals surface area contributed by atoms with Crippen LogP contribution in [0.1, 0.15) is 24.8 Å². The first-order chi connectivity index (χ1) is 7.34. The van der Waals surface area contributed by atoms with Crippen LogP contribution in [0.4, 0.5) is 5.82 Å². The molecule has 2 heterocycles. The number of hydrogen-bond acceptors (Lipinski definition) is 3. The molecule has 0 radical (unpaired) electrons.